The summed E-state index contributed by atoms with van der Waals surface area (Å²) in [5.41, 5.74) is -2.65. The molecule has 1 aliphatic rings. The predicted molar refractivity (Wildman–Crippen MR) is 121 cm³/mol. The Labute approximate surface area is 210 Å². The largest absolute Gasteiger partial charge is 0.444 e. The zero-order valence-corrected chi connectivity index (χ0v) is 20.8. The average molecular weight is 536 g/mol. The number of alkyl halides is 6. The Morgan fingerprint density at radius 3 is 2.08 bits per heavy atom. The van der Waals surface area contributed by atoms with Crippen LogP contribution in [-0.2, 0) is 28.4 Å². The second-order valence-corrected chi connectivity index (χ2v) is 10.1. The Kier molecular flexibility index (Phi) is 8.16. The maximum absolute atomic E-state index is 13.7. The van der Waals surface area contributed by atoms with E-state index in [1.807, 2.05) is 0 Å². The summed E-state index contributed by atoms with van der Waals surface area (Å²) in [6.45, 7) is 6.62. The maximum Gasteiger partial charge on any atom is 0.416 e. The van der Waals surface area contributed by atoms with Crippen LogP contribution in [0, 0.1) is 12.7 Å². The molecule has 2 aromatic rings. The molecule has 0 spiro atoms. The van der Waals surface area contributed by atoms with Gasteiger partial charge in [-0.1, -0.05) is 6.07 Å². The molecule has 1 fully saturated rings. The number of rotatable bonds is 4. The van der Waals surface area contributed by atoms with Crippen LogP contribution in [0.2, 0.25) is 0 Å². The Morgan fingerprint density at radius 1 is 0.973 bits per heavy atom. The van der Waals surface area contributed by atoms with E-state index in [0.29, 0.717) is 23.3 Å². The molecule has 0 radical (unpaired) electrons. The number of amides is 1. The molecule has 0 aliphatic carbocycles. The van der Waals surface area contributed by atoms with Crippen LogP contribution in [0.4, 0.5) is 35.5 Å². The van der Waals surface area contributed by atoms with Gasteiger partial charge in [-0.05, 0) is 81.1 Å². The summed E-state index contributed by atoms with van der Waals surface area (Å²) in [7, 11) is 0. The molecule has 0 bridgehead atoms. The molecule has 204 valence electrons. The van der Waals surface area contributed by atoms with Gasteiger partial charge >= 0.3 is 18.4 Å². The smallest absolute Gasteiger partial charge is 0.416 e. The van der Waals surface area contributed by atoms with Crippen molar-refractivity contribution < 1.29 is 45.0 Å². The van der Waals surface area contributed by atoms with E-state index in [0.717, 1.165) is 0 Å². The van der Waals surface area contributed by atoms with Gasteiger partial charge in [0.05, 0.1) is 23.8 Å². The molecule has 4 nitrogen and oxygen atoms in total. The van der Waals surface area contributed by atoms with Crippen LogP contribution in [0.15, 0.2) is 36.4 Å². The fraction of sp³-hybridized carbons (Fsp3) is 0.500. The van der Waals surface area contributed by atoms with E-state index in [1.54, 1.807) is 27.7 Å². The normalized spacial score (nSPS) is 19.2. The van der Waals surface area contributed by atoms with Crippen molar-refractivity contribution in [2.45, 2.75) is 70.7 Å². The molecule has 37 heavy (non-hydrogen) atoms. The van der Waals surface area contributed by atoms with Crippen molar-refractivity contribution in [2.75, 3.05) is 13.1 Å². The third-order valence-electron chi connectivity index (χ3n) is 5.94. The first-order valence-corrected chi connectivity index (χ1v) is 11.6. The van der Waals surface area contributed by atoms with Crippen LogP contribution in [0.25, 0.3) is 0 Å². The van der Waals surface area contributed by atoms with Crippen LogP contribution in [0.3, 0.4) is 0 Å². The van der Waals surface area contributed by atoms with Crippen molar-refractivity contribution >= 4 is 6.09 Å². The number of hydrogen-bond acceptors (Lipinski definition) is 3. The van der Waals surface area contributed by atoms with E-state index in [2.05, 4.69) is 0 Å². The van der Waals surface area contributed by atoms with E-state index < -0.39 is 59.6 Å². The fourth-order valence-electron chi connectivity index (χ4n) is 4.28. The topological polar surface area (TPSA) is 38.8 Å². The van der Waals surface area contributed by atoms with Crippen LogP contribution in [0.5, 0.6) is 0 Å². The van der Waals surface area contributed by atoms with Gasteiger partial charge in [0, 0.05) is 19.0 Å². The van der Waals surface area contributed by atoms with Crippen LogP contribution in [-0.4, -0.2) is 35.8 Å². The highest BCUT2D eigenvalue weighted by atomic mass is 19.4. The number of carbonyl (C=O) groups excluding carboxylic acids is 1. The Hall–Kier alpha value is -2.82. The zero-order valence-electron chi connectivity index (χ0n) is 20.8. The lowest BCUT2D eigenvalue weighted by molar-refractivity contribution is -0.143. The molecule has 1 saturated heterocycles. The predicted octanol–water partition coefficient (Wildman–Crippen LogP) is 7.48. The molecular weight excluding hydrogens is 507 g/mol. The Morgan fingerprint density at radius 2 is 1.57 bits per heavy atom. The summed E-state index contributed by atoms with van der Waals surface area (Å²) in [6.07, 6.45) is -10.9. The summed E-state index contributed by atoms with van der Waals surface area (Å²) in [4.78, 5) is 14.1. The van der Waals surface area contributed by atoms with Crippen LogP contribution >= 0.6 is 0 Å². The third kappa shape index (κ3) is 7.59. The van der Waals surface area contributed by atoms with Crippen molar-refractivity contribution in [1.82, 2.24) is 4.90 Å². The molecule has 2 aromatic carbocycles. The number of nitrogens with zero attached hydrogens (tertiary/aromatic N) is 1. The van der Waals surface area contributed by atoms with Crippen molar-refractivity contribution in [3.05, 3.63) is 70.0 Å². The van der Waals surface area contributed by atoms with Gasteiger partial charge in [0.25, 0.3) is 0 Å². The lowest BCUT2D eigenvalue weighted by atomic mass is 9.85. The van der Waals surface area contributed by atoms with Crippen molar-refractivity contribution in [3.63, 3.8) is 0 Å². The van der Waals surface area contributed by atoms with Crippen LogP contribution in [0.1, 0.15) is 60.9 Å². The number of ether oxygens (including phenoxy) is 2. The van der Waals surface area contributed by atoms with E-state index in [4.69, 9.17) is 9.47 Å². The number of halogens is 7. The van der Waals surface area contributed by atoms with Crippen LogP contribution < -0.4 is 0 Å². The SMILES string of the molecule is Cc1cc(F)ccc1C1CN(C(=O)OC(C)(C)C)CCC1OCc1cc(C(F)(F)F)cc(C(F)(F)F)c1. The molecule has 1 aliphatic heterocycles. The highest BCUT2D eigenvalue weighted by Crippen LogP contribution is 2.38. The van der Waals surface area contributed by atoms with Gasteiger partial charge in [-0.15, -0.1) is 0 Å². The molecule has 2 atom stereocenters. The van der Waals surface area contributed by atoms with Gasteiger partial charge in [-0.25, -0.2) is 9.18 Å². The first kappa shape index (κ1) is 28.7. The molecule has 0 saturated carbocycles. The molecule has 11 heteroatoms. The molecule has 0 N–H and O–H groups in total. The summed E-state index contributed by atoms with van der Waals surface area (Å²) < 4.78 is 104. The minimum Gasteiger partial charge on any atom is -0.444 e. The van der Waals surface area contributed by atoms with Gasteiger partial charge in [0.2, 0.25) is 0 Å². The van der Waals surface area contributed by atoms with Crippen molar-refractivity contribution in [3.8, 4) is 0 Å². The van der Waals surface area contributed by atoms with Crippen molar-refractivity contribution in [1.29, 1.82) is 0 Å². The van der Waals surface area contributed by atoms with E-state index in [9.17, 15) is 35.5 Å². The quantitative estimate of drug-likeness (QED) is 0.381. The maximum atomic E-state index is 13.7. The molecule has 1 heterocycles. The minimum absolute atomic E-state index is 0.0630. The lowest BCUT2D eigenvalue weighted by Gasteiger charge is -2.39. The number of aryl methyl sites for hydroxylation is 1. The first-order chi connectivity index (χ1) is 16.9. The highest BCUT2D eigenvalue weighted by molar-refractivity contribution is 5.68. The molecule has 1 amide bonds. The van der Waals surface area contributed by atoms with Crippen molar-refractivity contribution in [2.24, 2.45) is 0 Å². The standard InChI is InChI=1S/C26H28F7NO3/c1-15-9-19(27)5-6-20(15)21-13-34(23(35)37-24(2,3)4)8-7-22(21)36-14-16-10-17(25(28,29)30)12-18(11-16)26(31,32)33/h5-6,9-12,21-22H,7-8,13-14H2,1-4H3. The molecular formula is C26H28F7NO3. The Balaban J connectivity index is 1.88. The summed E-state index contributed by atoms with van der Waals surface area (Å²) in [5, 5.41) is 0. The van der Waals surface area contributed by atoms with Gasteiger partial charge in [-0.3, -0.25) is 0 Å². The van der Waals surface area contributed by atoms with E-state index in [-0.39, 0.29) is 31.1 Å². The number of likely N-dealkylation sites (tertiary alicyclic amines) is 1. The van der Waals surface area contributed by atoms with Gasteiger partial charge in [-0.2, -0.15) is 26.3 Å². The second kappa shape index (κ2) is 10.5. The number of hydrogen-bond donors (Lipinski definition) is 0. The monoisotopic (exact) mass is 535 g/mol. The van der Waals surface area contributed by atoms with Gasteiger partial charge in [0.15, 0.2) is 0 Å². The zero-order chi connectivity index (χ0) is 27.8. The van der Waals surface area contributed by atoms with Gasteiger partial charge < -0.3 is 14.4 Å². The number of piperidine rings is 1. The van der Waals surface area contributed by atoms with E-state index in [1.165, 1.54) is 23.1 Å². The fourth-order valence-corrected chi connectivity index (χ4v) is 4.28. The number of carbonyl (C=O) groups is 1. The summed E-state index contributed by atoms with van der Waals surface area (Å²) >= 11 is 0. The van der Waals surface area contributed by atoms with Gasteiger partial charge in [0.1, 0.15) is 11.4 Å². The molecule has 3 rings (SSSR count). The molecule has 2 unspecified atom stereocenters. The summed E-state index contributed by atoms with van der Waals surface area (Å²) in [5.74, 6) is -0.989. The Bertz CT molecular complexity index is 1090. The average Bonchev–Trinajstić information content (AvgIpc) is 2.75. The first-order valence-electron chi connectivity index (χ1n) is 11.6. The summed E-state index contributed by atoms with van der Waals surface area (Å²) in [6, 6.07) is 5.41. The highest BCUT2D eigenvalue weighted by Gasteiger charge is 2.38. The molecule has 0 aromatic heterocycles. The second-order valence-electron chi connectivity index (χ2n) is 10.1. The lowest BCUT2D eigenvalue weighted by Crippen LogP contribution is -2.47. The van der Waals surface area contributed by atoms with E-state index >= 15 is 0 Å². The number of benzene rings is 2. The minimum atomic E-state index is -4.97. The third-order valence-corrected chi connectivity index (χ3v) is 5.94.